The summed E-state index contributed by atoms with van der Waals surface area (Å²) in [6.45, 7) is 12.7. The number of hydrogen-bond acceptors (Lipinski definition) is 4. The van der Waals surface area contributed by atoms with E-state index in [4.69, 9.17) is 4.74 Å². The second-order valence-corrected chi connectivity index (χ2v) is 9.31. The summed E-state index contributed by atoms with van der Waals surface area (Å²) in [5.41, 5.74) is 4.60. The van der Waals surface area contributed by atoms with Crippen LogP contribution in [0.25, 0.3) is 0 Å². The molecule has 0 fully saturated rings. The van der Waals surface area contributed by atoms with E-state index < -0.39 is 23.6 Å². The maximum absolute atomic E-state index is 13.5. The molecule has 2 N–H and O–H groups in total. The van der Waals surface area contributed by atoms with Crippen molar-refractivity contribution >= 4 is 23.6 Å². The first-order valence-electron chi connectivity index (χ1n) is 11.0. The number of amides is 3. The second-order valence-electron chi connectivity index (χ2n) is 9.31. The SMILES string of the molecule is Cc1cccc(C(C(=O)Nc2c(C)cccc2C)N(C)C(=O)CNC(=O)OC(C)(C)C)c1C. The van der Waals surface area contributed by atoms with Gasteiger partial charge in [-0.25, -0.2) is 4.79 Å². The minimum Gasteiger partial charge on any atom is -0.444 e. The fourth-order valence-electron chi connectivity index (χ4n) is 3.53. The molecule has 2 aromatic rings. The zero-order valence-corrected chi connectivity index (χ0v) is 20.8. The molecule has 0 radical (unpaired) electrons. The molecule has 7 nitrogen and oxygen atoms in total. The predicted octanol–water partition coefficient (Wildman–Crippen LogP) is 4.58. The zero-order chi connectivity index (χ0) is 24.9. The van der Waals surface area contributed by atoms with Crippen LogP contribution in [0.1, 0.15) is 54.6 Å². The summed E-state index contributed by atoms with van der Waals surface area (Å²) < 4.78 is 5.20. The lowest BCUT2D eigenvalue weighted by atomic mass is 9.95. The van der Waals surface area contributed by atoms with E-state index in [1.807, 2.05) is 64.1 Å². The van der Waals surface area contributed by atoms with Crippen molar-refractivity contribution in [1.29, 1.82) is 0 Å². The molecule has 33 heavy (non-hydrogen) atoms. The number of rotatable bonds is 6. The second kappa shape index (κ2) is 10.5. The number of benzene rings is 2. The highest BCUT2D eigenvalue weighted by Crippen LogP contribution is 2.28. The molecule has 2 rings (SSSR count). The molecule has 0 spiro atoms. The minimum atomic E-state index is -0.878. The van der Waals surface area contributed by atoms with Gasteiger partial charge in [0.05, 0.1) is 0 Å². The largest absolute Gasteiger partial charge is 0.444 e. The Balaban J connectivity index is 2.33. The molecular weight excluding hydrogens is 418 g/mol. The van der Waals surface area contributed by atoms with Crippen LogP contribution in [0.15, 0.2) is 36.4 Å². The Morgan fingerprint density at radius 2 is 1.48 bits per heavy atom. The van der Waals surface area contributed by atoms with Gasteiger partial charge in [-0.1, -0.05) is 36.4 Å². The summed E-state index contributed by atoms with van der Waals surface area (Å²) in [6.07, 6.45) is -0.687. The smallest absolute Gasteiger partial charge is 0.408 e. The van der Waals surface area contributed by atoms with Crippen LogP contribution in [0.2, 0.25) is 0 Å². The topological polar surface area (TPSA) is 87.7 Å². The van der Waals surface area contributed by atoms with Crippen LogP contribution >= 0.6 is 0 Å². The first kappa shape index (κ1) is 25.9. The molecule has 2 aromatic carbocycles. The van der Waals surface area contributed by atoms with Crippen LogP contribution in [0.3, 0.4) is 0 Å². The third-order valence-electron chi connectivity index (χ3n) is 5.48. The number of carbonyl (C=O) groups is 3. The summed E-state index contributed by atoms with van der Waals surface area (Å²) in [4.78, 5) is 39.9. The standard InChI is InChI=1S/C26H35N3O4/c1-16-11-10-14-20(19(16)4)23(24(31)28-22-17(2)12-9-13-18(22)3)29(8)21(30)15-27-25(32)33-26(5,6)7/h9-14,23H,15H2,1-8H3,(H,27,32)(H,28,31). The van der Waals surface area contributed by atoms with Crippen molar-refractivity contribution in [2.75, 3.05) is 18.9 Å². The fraction of sp³-hybridized carbons (Fsp3) is 0.423. The van der Waals surface area contributed by atoms with Gasteiger partial charge in [-0.15, -0.1) is 0 Å². The van der Waals surface area contributed by atoms with Gasteiger partial charge >= 0.3 is 6.09 Å². The lowest BCUT2D eigenvalue weighted by molar-refractivity contribution is -0.136. The average Bonchev–Trinajstić information content (AvgIpc) is 2.71. The summed E-state index contributed by atoms with van der Waals surface area (Å²) in [7, 11) is 1.57. The molecule has 0 aliphatic heterocycles. The van der Waals surface area contributed by atoms with Crippen molar-refractivity contribution < 1.29 is 19.1 Å². The first-order chi connectivity index (χ1) is 15.3. The van der Waals surface area contributed by atoms with Crippen molar-refractivity contribution in [2.45, 2.75) is 60.1 Å². The van der Waals surface area contributed by atoms with E-state index in [2.05, 4.69) is 10.6 Å². The normalized spacial score (nSPS) is 12.0. The van der Waals surface area contributed by atoms with Gasteiger partial charge in [0.25, 0.3) is 5.91 Å². The molecule has 0 aromatic heterocycles. The molecule has 0 saturated heterocycles. The van der Waals surface area contributed by atoms with E-state index in [1.165, 1.54) is 4.90 Å². The van der Waals surface area contributed by atoms with Crippen LogP contribution in [0, 0.1) is 27.7 Å². The molecule has 0 saturated carbocycles. The average molecular weight is 454 g/mol. The first-order valence-corrected chi connectivity index (χ1v) is 11.0. The van der Waals surface area contributed by atoms with Gasteiger partial charge in [0.2, 0.25) is 5.91 Å². The Kier molecular flexibility index (Phi) is 8.25. The molecule has 0 aliphatic rings. The fourth-order valence-corrected chi connectivity index (χ4v) is 3.53. The maximum atomic E-state index is 13.5. The summed E-state index contributed by atoms with van der Waals surface area (Å²) in [5, 5.41) is 5.49. The van der Waals surface area contributed by atoms with Gasteiger partial charge in [0, 0.05) is 12.7 Å². The Hall–Kier alpha value is -3.35. The molecule has 3 amide bonds. The van der Waals surface area contributed by atoms with Crippen LogP contribution < -0.4 is 10.6 Å². The van der Waals surface area contributed by atoms with E-state index in [0.29, 0.717) is 0 Å². The highest BCUT2D eigenvalue weighted by molar-refractivity contribution is 5.99. The molecule has 1 atom stereocenters. The molecule has 0 bridgehead atoms. The number of alkyl carbamates (subject to hydrolysis) is 1. The molecule has 0 aliphatic carbocycles. The maximum Gasteiger partial charge on any atom is 0.408 e. The van der Waals surface area contributed by atoms with Gasteiger partial charge < -0.3 is 20.3 Å². The van der Waals surface area contributed by atoms with Gasteiger partial charge in [0.1, 0.15) is 18.2 Å². The summed E-state index contributed by atoms with van der Waals surface area (Å²) in [5.74, 6) is -0.738. The highest BCUT2D eigenvalue weighted by Gasteiger charge is 2.31. The zero-order valence-electron chi connectivity index (χ0n) is 20.8. The monoisotopic (exact) mass is 453 g/mol. The lowest BCUT2D eigenvalue weighted by Gasteiger charge is -2.30. The third kappa shape index (κ3) is 6.81. The number of carbonyl (C=O) groups excluding carboxylic acids is 3. The van der Waals surface area contributed by atoms with Gasteiger partial charge in [0.15, 0.2) is 0 Å². The molecule has 0 heterocycles. The number of likely N-dealkylation sites (N-methyl/N-ethyl adjacent to an activating group) is 1. The lowest BCUT2D eigenvalue weighted by Crippen LogP contribution is -2.45. The van der Waals surface area contributed by atoms with Crippen molar-refractivity contribution in [3.8, 4) is 0 Å². The van der Waals surface area contributed by atoms with Crippen LogP contribution in [-0.4, -0.2) is 42.0 Å². The minimum absolute atomic E-state index is 0.288. The van der Waals surface area contributed by atoms with Crippen LogP contribution in [0.5, 0.6) is 0 Å². The third-order valence-corrected chi connectivity index (χ3v) is 5.48. The van der Waals surface area contributed by atoms with Crippen LogP contribution in [0.4, 0.5) is 10.5 Å². The Morgan fingerprint density at radius 1 is 0.939 bits per heavy atom. The Morgan fingerprint density at radius 3 is 2.06 bits per heavy atom. The number of anilines is 1. The quantitative estimate of drug-likeness (QED) is 0.670. The predicted molar refractivity (Wildman–Crippen MR) is 130 cm³/mol. The van der Waals surface area contributed by atoms with E-state index in [1.54, 1.807) is 27.8 Å². The number of hydrogen-bond donors (Lipinski definition) is 2. The van der Waals surface area contributed by atoms with E-state index in [-0.39, 0.29) is 12.5 Å². The Labute approximate surface area is 196 Å². The number of aryl methyl sites for hydroxylation is 3. The van der Waals surface area contributed by atoms with E-state index in [0.717, 1.165) is 33.5 Å². The number of para-hydroxylation sites is 1. The molecule has 178 valence electrons. The van der Waals surface area contributed by atoms with E-state index in [9.17, 15) is 14.4 Å². The van der Waals surface area contributed by atoms with E-state index >= 15 is 0 Å². The Bertz CT molecular complexity index is 1020. The van der Waals surface area contributed by atoms with Gasteiger partial charge in [-0.05, 0) is 76.3 Å². The van der Waals surface area contributed by atoms with Crippen molar-refractivity contribution in [2.24, 2.45) is 0 Å². The van der Waals surface area contributed by atoms with Gasteiger partial charge in [-0.2, -0.15) is 0 Å². The highest BCUT2D eigenvalue weighted by atomic mass is 16.6. The number of nitrogens with one attached hydrogen (secondary N) is 2. The summed E-state index contributed by atoms with van der Waals surface area (Å²) in [6, 6.07) is 10.6. The van der Waals surface area contributed by atoms with Crippen molar-refractivity contribution in [1.82, 2.24) is 10.2 Å². The van der Waals surface area contributed by atoms with Crippen molar-refractivity contribution in [3.63, 3.8) is 0 Å². The van der Waals surface area contributed by atoms with Gasteiger partial charge in [-0.3, -0.25) is 9.59 Å². The van der Waals surface area contributed by atoms with Crippen LogP contribution in [-0.2, 0) is 14.3 Å². The molecule has 7 heteroatoms. The summed E-state index contributed by atoms with van der Waals surface area (Å²) >= 11 is 0. The number of nitrogens with zero attached hydrogens (tertiary/aromatic N) is 1. The van der Waals surface area contributed by atoms with Crippen molar-refractivity contribution in [3.05, 3.63) is 64.2 Å². The molecule has 1 unspecified atom stereocenters. The number of ether oxygens (including phenoxy) is 1. The molecular formula is C26H35N3O4.